The third-order valence-electron chi connectivity index (χ3n) is 5.03. The maximum absolute atomic E-state index is 3.88. The summed E-state index contributed by atoms with van der Waals surface area (Å²) in [5, 5.41) is 3.88. The first-order valence-corrected chi connectivity index (χ1v) is 9.06. The van der Waals surface area contributed by atoms with Crippen molar-refractivity contribution in [3.8, 4) is 0 Å². The van der Waals surface area contributed by atoms with E-state index in [2.05, 4.69) is 26.1 Å². The summed E-state index contributed by atoms with van der Waals surface area (Å²) in [6.45, 7) is 8.21. The van der Waals surface area contributed by atoms with Crippen molar-refractivity contribution in [1.29, 1.82) is 0 Å². The van der Waals surface area contributed by atoms with E-state index in [-0.39, 0.29) is 0 Å². The maximum Gasteiger partial charge on any atom is 0.00979 e. The largest absolute Gasteiger partial charge is 0.314 e. The molecule has 19 heavy (non-hydrogen) atoms. The van der Waals surface area contributed by atoms with Crippen molar-refractivity contribution in [3.63, 3.8) is 0 Å². The zero-order valence-electron chi connectivity index (χ0n) is 13.7. The van der Waals surface area contributed by atoms with Gasteiger partial charge in [0.1, 0.15) is 0 Å². The Morgan fingerprint density at radius 2 is 1.74 bits per heavy atom. The first kappa shape index (κ1) is 17.0. The highest BCUT2D eigenvalue weighted by atomic mass is 14.9. The summed E-state index contributed by atoms with van der Waals surface area (Å²) in [5.41, 5.74) is 0. The Morgan fingerprint density at radius 1 is 0.947 bits per heavy atom. The van der Waals surface area contributed by atoms with Gasteiger partial charge in [-0.25, -0.2) is 0 Å². The molecule has 3 unspecified atom stereocenters. The number of rotatable bonds is 10. The molecule has 1 saturated carbocycles. The van der Waals surface area contributed by atoms with Crippen LogP contribution in [0.3, 0.4) is 0 Å². The van der Waals surface area contributed by atoms with Gasteiger partial charge in [-0.15, -0.1) is 0 Å². The summed E-state index contributed by atoms with van der Waals surface area (Å²) in [4.78, 5) is 0. The Labute approximate surface area is 121 Å². The smallest absolute Gasteiger partial charge is 0.00979 e. The Hall–Kier alpha value is -0.0400. The van der Waals surface area contributed by atoms with Crippen LogP contribution < -0.4 is 5.32 Å². The van der Waals surface area contributed by atoms with Crippen LogP contribution in [0, 0.1) is 11.8 Å². The van der Waals surface area contributed by atoms with Gasteiger partial charge in [0.15, 0.2) is 0 Å². The van der Waals surface area contributed by atoms with Crippen molar-refractivity contribution >= 4 is 0 Å². The Balaban J connectivity index is 2.44. The fourth-order valence-corrected chi connectivity index (χ4v) is 3.86. The lowest BCUT2D eigenvalue weighted by molar-refractivity contribution is 0.167. The molecule has 0 spiro atoms. The average molecular weight is 268 g/mol. The van der Waals surface area contributed by atoms with Gasteiger partial charge in [0.05, 0.1) is 0 Å². The lowest BCUT2D eigenvalue weighted by atomic mass is 9.73. The van der Waals surface area contributed by atoms with Gasteiger partial charge in [-0.2, -0.15) is 0 Å². The molecule has 0 heterocycles. The molecular weight excluding hydrogens is 230 g/mol. The second kappa shape index (κ2) is 10.7. The molecule has 1 aliphatic carbocycles. The van der Waals surface area contributed by atoms with Crippen LogP contribution in [-0.2, 0) is 0 Å². The van der Waals surface area contributed by atoms with Gasteiger partial charge in [0, 0.05) is 6.04 Å². The highest BCUT2D eigenvalue weighted by Gasteiger charge is 2.29. The first-order chi connectivity index (χ1) is 9.33. The van der Waals surface area contributed by atoms with Crippen molar-refractivity contribution in [2.24, 2.45) is 11.8 Å². The number of hydrogen-bond acceptors (Lipinski definition) is 1. The van der Waals surface area contributed by atoms with Crippen LogP contribution in [0.5, 0.6) is 0 Å². The topological polar surface area (TPSA) is 12.0 Å². The third kappa shape index (κ3) is 6.29. The molecule has 3 atom stereocenters. The van der Waals surface area contributed by atoms with E-state index in [0.29, 0.717) is 0 Å². The molecule has 114 valence electrons. The summed E-state index contributed by atoms with van der Waals surface area (Å²) < 4.78 is 0. The molecule has 0 aromatic heterocycles. The number of hydrogen-bond donors (Lipinski definition) is 1. The van der Waals surface area contributed by atoms with Crippen molar-refractivity contribution in [3.05, 3.63) is 0 Å². The Bertz CT molecular complexity index is 202. The molecular formula is C18H37N. The predicted octanol–water partition coefficient (Wildman–Crippen LogP) is 5.54. The van der Waals surface area contributed by atoms with Crippen LogP contribution in [0.15, 0.2) is 0 Å². The van der Waals surface area contributed by atoms with E-state index in [9.17, 15) is 0 Å². The Kier molecular flexibility index (Phi) is 9.59. The van der Waals surface area contributed by atoms with Crippen molar-refractivity contribution in [1.82, 2.24) is 5.32 Å². The second-order valence-corrected chi connectivity index (χ2v) is 6.53. The molecule has 1 aliphatic rings. The monoisotopic (exact) mass is 267 g/mol. The fraction of sp³-hybridized carbons (Fsp3) is 1.00. The summed E-state index contributed by atoms with van der Waals surface area (Å²) in [6.07, 6.45) is 15.6. The predicted molar refractivity (Wildman–Crippen MR) is 86.6 cm³/mol. The molecule has 0 amide bonds. The highest BCUT2D eigenvalue weighted by Crippen LogP contribution is 2.35. The zero-order valence-corrected chi connectivity index (χ0v) is 13.7. The quantitative estimate of drug-likeness (QED) is 0.512. The molecule has 1 fully saturated rings. The van der Waals surface area contributed by atoms with Gasteiger partial charge in [-0.3, -0.25) is 0 Å². The summed E-state index contributed by atoms with van der Waals surface area (Å²) in [6, 6.07) is 0.807. The SMILES string of the molecule is CCCCCCC(NCCC)C1CCCCC1CC. The van der Waals surface area contributed by atoms with E-state index >= 15 is 0 Å². The maximum atomic E-state index is 3.88. The summed E-state index contributed by atoms with van der Waals surface area (Å²) in [7, 11) is 0. The van der Waals surface area contributed by atoms with Crippen molar-refractivity contribution in [2.45, 2.75) is 97.4 Å². The lowest BCUT2D eigenvalue weighted by Gasteiger charge is -2.37. The number of unbranched alkanes of at least 4 members (excludes halogenated alkanes) is 3. The van der Waals surface area contributed by atoms with Crippen LogP contribution in [0.4, 0.5) is 0 Å². The minimum Gasteiger partial charge on any atom is -0.314 e. The van der Waals surface area contributed by atoms with Gasteiger partial charge in [0.2, 0.25) is 0 Å². The summed E-state index contributed by atoms with van der Waals surface area (Å²) >= 11 is 0. The fourth-order valence-electron chi connectivity index (χ4n) is 3.86. The molecule has 0 bridgehead atoms. The minimum atomic E-state index is 0.807. The van der Waals surface area contributed by atoms with E-state index in [1.54, 1.807) is 0 Å². The standard InChI is InChI=1S/C18H37N/c1-4-7-8-9-14-18(19-15-5-2)17-13-11-10-12-16(17)6-3/h16-19H,4-15H2,1-3H3. The van der Waals surface area contributed by atoms with Crippen molar-refractivity contribution < 1.29 is 0 Å². The molecule has 1 nitrogen and oxygen atoms in total. The van der Waals surface area contributed by atoms with Gasteiger partial charge in [-0.05, 0) is 37.6 Å². The van der Waals surface area contributed by atoms with Gasteiger partial charge >= 0.3 is 0 Å². The van der Waals surface area contributed by atoms with Crippen LogP contribution in [0.25, 0.3) is 0 Å². The second-order valence-electron chi connectivity index (χ2n) is 6.53. The molecule has 0 aliphatic heterocycles. The van der Waals surface area contributed by atoms with Crippen LogP contribution in [0.2, 0.25) is 0 Å². The average Bonchev–Trinajstić information content (AvgIpc) is 2.46. The van der Waals surface area contributed by atoms with E-state index < -0.39 is 0 Å². The van der Waals surface area contributed by atoms with Crippen LogP contribution in [0.1, 0.15) is 91.4 Å². The van der Waals surface area contributed by atoms with Gasteiger partial charge < -0.3 is 5.32 Å². The van der Waals surface area contributed by atoms with Gasteiger partial charge in [-0.1, -0.05) is 72.1 Å². The summed E-state index contributed by atoms with van der Waals surface area (Å²) in [5.74, 6) is 1.96. The van der Waals surface area contributed by atoms with E-state index in [1.807, 2.05) is 0 Å². The molecule has 0 aromatic carbocycles. The molecule has 0 saturated heterocycles. The molecule has 0 radical (unpaired) electrons. The molecule has 0 aromatic rings. The van der Waals surface area contributed by atoms with Crippen LogP contribution >= 0.6 is 0 Å². The van der Waals surface area contributed by atoms with E-state index in [1.165, 1.54) is 77.2 Å². The minimum absolute atomic E-state index is 0.807. The zero-order chi connectivity index (χ0) is 13.9. The van der Waals surface area contributed by atoms with E-state index in [4.69, 9.17) is 0 Å². The normalized spacial score (nSPS) is 25.4. The molecule has 1 heteroatoms. The highest BCUT2D eigenvalue weighted by molar-refractivity contribution is 4.84. The van der Waals surface area contributed by atoms with Crippen LogP contribution in [-0.4, -0.2) is 12.6 Å². The van der Waals surface area contributed by atoms with Gasteiger partial charge in [0.25, 0.3) is 0 Å². The lowest BCUT2D eigenvalue weighted by Crippen LogP contribution is -2.41. The number of nitrogens with one attached hydrogen (secondary N) is 1. The molecule has 1 N–H and O–H groups in total. The Morgan fingerprint density at radius 3 is 2.42 bits per heavy atom. The first-order valence-electron chi connectivity index (χ1n) is 9.06. The third-order valence-corrected chi connectivity index (χ3v) is 5.03. The van der Waals surface area contributed by atoms with E-state index in [0.717, 1.165) is 17.9 Å². The van der Waals surface area contributed by atoms with Crippen molar-refractivity contribution in [2.75, 3.05) is 6.54 Å². The molecule has 1 rings (SSSR count).